The van der Waals surface area contributed by atoms with Crippen LogP contribution in [0.3, 0.4) is 0 Å². The highest BCUT2D eigenvalue weighted by atomic mass is 16.5. The fourth-order valence-electron chi connectivity index (χ4n) is 6.78. The lowest BCUT2D eigenvalue weighted by molar-refractivity contribution is -0.142. The summed E-state index contributed by atoms with van der Waals surface area (Å²) in [5, 5.41) is 25.7. The molecular formula is C49H92N6O12. The van der Waals surface area contributed by atoms with E-state index in [1.165, 1.54) is 70.6 Å². The van der Waals surface area contributed by atoms with Gasteiger partial charge in [-0.05, 0) is 38.0 Å². The Hall–Kier alpha value is -3.87. The molecule has 0 aliphatic carbocycles. The fraction of sp³-hybridized carbons (Fsp3) is 0.857. The molecule has 1 unspecified atom stereocenters. The number of rotatable bonds is 49. The molecule has 0 spiro atoms. The molecule has 0 aliphatic rings. The van der Waals surface area contributed by atoms with Crippen molar-refractivity contribution in [1.82, 2.24) is 31.9 Å². The van der Waals surface area contributed by atoms with E-state index in [0.717, 1.165) is 38.0 Å². The SMILES string of the molecule is CCCCNC(=O)COCCOCCNC(=O)COCCOCCNC(=O)CCCNC(=O)CCCNC(=O)CCC(NC(=O)CCCCCCCCCCCCCCCCC(C)C)C(=O)O. The third-order valence-corrected chi connectivity index (χ3v) is 10.7. The quantitative estimate of drug-likeness (QED) is 0.0387. The zero-order valence-corrected chi connectivity index (χ0v) is 41.8. The Morgan fingerprint density at radius 2 is 0.761 bits per heavy atom. The van der Waals surface area contributed by atoms with Crippen molar-refractivity contribution in [3.8, 4) is 0 Å². The van der Waals surface area contributed by atoms with Gasteiger partial charge in [0.25, 0.3) is 0 Å². The maximum atomic E-state index is 12.4. The minimum absolute atomic E-state index is 0.00815. The summed E-state index contributed by atoms with van der Waals surface area (Å²) < 4.78 is 21.3. The number of carbonyl (C=O) groups is 7. The van der Waals surface area contributed by atoms with Crippen molar-refractivity contribution < 1.29 is 57.6 Å². The van der Waals surface area contributed by atoms with E-state index in [2.05, 4.69) is 52.7 Å². The number of ether oxygens (including phenoxy) is 4. The molecule has 1 atom stereocenters. The van der Waals surface area contributed by atoms with Crippen LogP contribution in [0.15, 0.2) is 0 Å². The first-order valence-corrected chi connectivity index (χ1v) is 25.6. The van der Waals surface area contributed by atoms with Crippen LogP contribution in [-0.2, 0) is 52.5 Å². The predicted octanol–water partition coefficient (Wildman–Crippen LogP) is 5.24. The zero-order valence-electron chi connectivity index (χ0n) is 41.8. The van der Waals surface area contributed by atoms with Crippen LogP contribution in [0.4, 0.5) is 0 Å². The van der Waals surface area contributed by atoms with Crippen LogP contribution in [0.2, 0.25) is 0 Å². The Morgan fingerprint density at radius 1 is 0.388 bits per heavy atom. The number of hydrogen-bond donors (Lipinski definition) is 7. The number of carboxylic acids is 1. The van der Waals surface area contributed by atoms with Crippen LogP contribution >= 0.6 is 0 Å². The first-order chi connectivity index (χ1) is 32.4. The third-order valence-electron chi connectivity index (χ3n) is 10.7. The van der Waals surface area contributed by atoms with Crippen molar-refractivity contribution in [1.29, 1.82) is 0 Å². The van der Waals surface area contributed by atoms with Gasteiger partial charge in [-0.2, -0.15) is 0 Å². The number of hydrogen-bond acceptors (Lipinski definition) is 11. The molecule has 18 heteroatoms. The first kappa shape index (κ1) is 63.1. The molecule has 0 aromatic heterocycles. The lowest BCUT2D eigenvalue weighted by atomic mass is 10.0. The summed E-state index contributed by atoms with van der Waals surface area (Å²) in [7, 11) is 0. The van der Waals surface area contributed by atoms with Gasteiger partial charge in [0.15, 0.2) is 0 Å². The molecule has 7 N–H and O–H groups in total. The summed E-state index contributed by atoms with van der Waals surface area (Å²) in [5.41, 5.74) is 0. The van der Waals surface area contributed by atoms with Gasteiger partial charge in [-0.3, -0.25) is 28.8 Å². The van der Waals surface area contributed by atoms with Gasteiger partial charge >= 0.3 is 5.97 Å². The van der Waals surface area contributed by atoms with Crippen molar-refractivity contribution in [2.24, 2.45) is 5.92 Å². The molecule has 0 heterocycles. The zero-order chi connectivity index (χ0) is 49.4. The van der Waals surface area contributed by atoms with Gasteiger partial charge < -0.3 is 56.0 Å². The van der Waals surface area contributed by atoms with Crippen molar-refractivity contribution in [2.75, 3.05) is 85.6 Å². The van der Waals surface area contributed by atoms with Gasteiger partial charge in [0, 0.05) is 58.4 Å². The van der Waals surface area contributed by atoms with Gasteiger partial charge in [-0.1, -0.05) is 117 Å². The Balaban J connectivity index is 3.68. The molecule has 18 nitrogen and oxygen atoms in total. The molecule has 6 amide bonds. The van der Waals surface area contributed by atoms with Crippen LogP contribution < -0.4 is 31.9 Å². The highest BCUT2D eigenvalue weighted by Gasteiger charge is 2.21. The lowest BCUT2D eigenvalue weighted by Gasteiger charge is -2.14. The number of unbranched alkanes of at least 4 members (excludes halogenated alkanes) is 14. The second-order valence-electron chi connectivity index (χ2n) is 17.5. The minimum atomic E-state index is -1.18. The summed E-state index contributed by atoms with van der Waals surface area (Å²) in [5.74, 6) is -1.84. The number of amides is 6. The van der Waals surface area contributed by atoms with Gasteiger partial charge in [0.1, 0.15) is 19.3 Å². The van der Waals surface area contributed by atoms with E-state index >= 15 is 0 Å². The Labute approximate surface area is 402 Å². The highest BCUT2D eigenvalue weighted by Crippen LogP contribution is 2.15. The second-order valence-corrected chi connectivity index (χ2v) is 17.5. The van der Waals surface area contributed by atoms with Crippen molar-refractivity contribution in [3.63, 3.8) is 0 Å². The smallest absolute Gasteiger partial charge is 0.326 e. The summed E-state index contributed by atoms with van der Waals surface area (Å²) in [6.07, 6.45) is 21.8. The molecule has 0 saturated carbocycles. The minimum Gasteiger partial charge on any atom is -0.480 e. The van der Waals surface area contributed by atoms with Crippen LogP contribution in [0.5, 0.6) is 0 Å². The van der Waals surface area contributed by atoms with Gasteiger partial charge in [0.05, 0.1) is 39.6 Å². The van der Waals surface area contributed by atoms with Crippen LogP contribution in [0.1, 0.15) is 175 Å². The number of carbonyl (C=O) groups excluding carboxylic acids is 6. The van der Waals surface area contributed by atoms with Crippen molar-refractivity contribution >= 4 is 41.4 Å². The Morgan fingerprint density at radius 3 is 1.22 bits per heavy atom. The molecule has 67 heavy (non-hydrogen) atoms. The van der Waals surface area contributed by atoms with Crippen LogP contribution in [-0.4, -0.2) is 138 Å². The van der Waals surface area contributed by atoms with E-state index in [9.17, 15) is 38.7 Å². The normalized spacial score (nSPS) is 11.5. The Bertz CT molecular complexity index is 1290. The largest absolute Gasteiger partial charge is 0.480 e. The van der Waals surface area contributed by atoms with Gasteiger partial charge in [-0.15, -0.1) is 0 Å². The van der Waals surface area contributed by atoms with Gasteiger partial charge in [-0.25, -0.2) is 4.79 Å². The van der Waals surface area contributed by atoms with E-state index < -0.39 is 12.0 Å². The molecular weight excluding hydrogens is 865 g/mol. The van der Waals surface area contributed by atoms with Crippen molar-refractivity contribution in [3.05, 3.63) is 0 Å². The second kappa shape index (κ2) is 47.2. The average Bonchev–Trinajstić information content (AvgIpc) is 3.29. The fourth-order valence-corrected chi connectivity index (χ4v) is 6.78. The summed E-state index contributed by atoms with van der Waals surface area (Å²) in [6, 6.07) is -1.14. The molecule has 0 fully saturated rings. The number of nitrogens with one attached hydrogen (secondary N) is 6. The van der Waals surface area contributed by atoms with E-state index in [4.69, 9.17) is 18.9 Å². The van der Waals surface area contributed by atoms with Crippen molar-refractivity contribution in [2.45, 2.75) is 181 Å². The molecule has 0 radical (unpaired) electrons. The molecule has 0 aliphatic heterocycles. The highest BCUT2D eigenvalue weighted by molar-refractivity contribution is 5.84. The molecule has 0 aromatic rings. The molecule has 0 saturated heterocycles. The topological polar surface area (TPSA) is 249 Å². The van der Waals surface area contributed by atoms with Gasteiger partial charge in [0.2, 0.25) is 35.4 Å². The summed E-state index contributed by atoms with van der Waals surface area (Å²) >= 11 is 0. The average molecular weight is 957 g/mol. The van der Waals surface area contributed by atoms with E-state index in [1.807, 2.05) is 0 Å². The Kier molecular flexibility index (Phi) is 44.5. The summed E-state index contributed by atoms with van der Waals surface area (Å²) in [4.78, 5) is 84.0. The molecule has 0 rings (SSSR count). The van der Waals surface area contributed by atoms with Crippen LogP contribution in [0, 0.1) is 5.92 Å². The number of aliphatic carboxylic acids is 1. The number of carboxylic acid groups (broad SMARTS) is 1. The van der Waals surface area contributed by atoms with E-state index in [1.54, 1.807) is 0 Å². The maximum absolute atomic E-state index is 12.4. The predicted molar refractivity (Wildman–Crippen MR) is 259 cm³/mol. The monoisotopic (exact) mass is 957 g/mol. The van der Waals surface area contributed by atoms with E-state index in [0.29, 0.717) is 58.7 Å². The molecule has 0 aromatic carbocycles. The standard InChI is InChI=1S/C49H92N6O12/c1-4-5-28-52-47(60)39-66-37-36-65-34-32-54-48(61)40-67-38-35-64-33-31-53-44(57)25-21-29-50-43(56)24-20-30-51-45(58)27-26-42(49(62)63)55-46(59)23-19-17-15-13-11-9-7-6-8-10-12-14-16-18-22-41(2)3/h41-42H,4-40H2,1-3H3,(H,50,56)(H,51,58)(H,52,60)(H,53,57)(H,54,61)(H,55,59)(H,62,63). The third kappa shape index (κ3) is 47.0. The first-order valence-electron chi connectivity index (χ1n) is 25.6. The summed E-state index contributed by atoms with van der Waals surface area (Å²) in [6.45, 7) is 9.96. The maximum Gasteiger partial charge on any atom is 0.326 e. The van der Waals surface area contributed by atoms with E-state index in [-0.39, 0.29) is 114 Å². The molecule has 390 valence electrons. The lowest BCUT2D eigenvalue weighted by Crippen LogP contribution is -2.41. The van der Waals surface area contributed by atoms with Crippen LogP contribution in [0.25, 0.3) is 0 Å². The molecule has 0 bridgehead atoms.